The van der Waals surface area contributed by atoms with Crippen LogP contribution in [0.4, 0.5) is 26.3 Å². The number of para-hydroxylation sites is 2. The van der Waals surface area contributed by atoms with Gasteiger partial charge >= 0.3 is 179 Å². The number of halogens is 6. The van der Waals surface area contributed by atoms with Crippen molar-refractivity contribution in [3.8, 4) is 11.5 Å². The van der Waals surface area contributed by atoms with Gasteiger partial charge in [0.15, 0.2) is 0 Å². The molecule has 30 heavy (non-hydrogen) atoms. The summed E-state index contributed by atoms with van der Waals surface area (Å²) in [5.74, 6) is -0.895. The van der Waals surface area contributed by atoms with Crippen molar-refractivity contribution in [2.24, 2.45) is 0 Å². The third-order valence-electron chi connectivity index (χ3n) is 4.45. The van der Waals surface area contributed by atoms with E-state index in [1.165, 1.54) is 24.3 Å². The minimum absolute atomic E-state index is 0.448. The molecule has 1 aliphatic rings. The van der Waals surface area contributed by atoms with Crippen molar-refractivity contribution in [1.29, 1.82) is 0 Å². The average molecular weight is 507 g/mol. The summed E-state index contributed by atoms with van der Waals surface area (Å²) in [6.45, 7) is 3.48. The molecule has 159 valence electrons. The van der Waals surface area contributed by atoms with E-state index in [0.29, 0.717) is 0 Å². The van der Waals surface area contributed by atoms with E-state index in [1.807, 2.05) is 0 Å². The van der Waals surface area contributed by atoms with Crippen molar-refractivity contribution in [1.82, 2.24) is 0 Å². The van der Waals surface area contributed by atoms with Crippen molar-refractivity contribution >= 4 is 0 Å². The van der Waals surface area contributed by atoms with Crippen LogP contribution in [0.15, 0.2) is 72.3 Å². The first-order valence-corrected chi connectivity index (χ1v) is 12.1. The van der Waals surface area contributed by atoms with Crippen LogP contribution >= 0.6 is 0 Å². The van der Waals surface area contributed by atoms with Gasteiger partial charge < -0.3 is 0 Å². The second kappa shape index (κ2) is 8.25. The number of allylic oxidation sites excluding steroid dienone is 4. The molecule has 0 saturated carbocycles. The Kier molecular flexibility index (Phi) is 6.23. The normalized spacial score (nSPS) is 18.9. The van der Waals surface area contributed by atoms with Crippen molar-refractivity contribution in [3.63, 3.8) is 0 Å². The molecule has 0 heterocycles. The average Bonchev–Trinajstić information content (AvgIpc) is 3.00. The topological polar surface area (TPSA) is 18.5 Å². The maximum absolute atomic E-state index is 13.4. The molecule has 0 amide bonds. The van der Waals surface area contributed by atoms with Crippen molar-refractivity contribution in [3.05, 3.63) is 83.5 Å². The molecule has 1 atom stereocenters. The predicted molar refractivity (Wildman–Crippen MR) is 95.4 cm³/mol. The van der Waals surface area contributed by atoms with Crippen LogP contribution in [0.1, 0.15) is 25.0 Å². The molecule has 0 fully saturated rings. The molecule has 1 unspecified atom stereocenters. The summed E-state index contributed by atoms with van der Waals surface area (Å²) in [5, 5.41) is 0. The van der Waals surface area contributed by atoms with E-state index >= 15 is 0 Å². The molecular formula is C21H17F6O2Zr. The molecule has 0 spiro atoms. The van der Waals surface area contributed by atoms with Crippen molar-refractivity contribution < 1.29 is 54.6 Å². The molecule has 2 aromatic carbocycles. The monoisotopic (exact) mass is 505 g/mol. The minimum atomic E-state index is -4.67. The van der Waals surface area contributed by atoms with Crippen LogP contribution in [-0.2, 0) is 35.0 Å². The second-order valence-corrected chi connectivity index (χ2v) is 12.0. The molecule has 2 nitrogen and oxygen atoms in total. The van der Waals surface area contributed by atoms with Gasteiger partial charge in [-0.2, -0.15) is 0 Å². The van der Waals surface area contributed by atoms with Crippen molar-refractivity contribution in [2.75, 3.05) is 0 Å². The summed E-state index contributed by atoms with van der Waals surface area (Å²) in [5.41, 5.74) is -1.17. The third kappa shape index (κ3) is 4.99. The van der Waals surface area contributed by atoms with Crippen LogP contribution in [-0.4, -0.2) is 0 Å². The van der Waals surface area contributed by atoms with Gasteiger partial charge in [0.1, 0.15) is 0 Å². The first-order valence-electron chi connectivity index (χ1n) is 8.84. The van der Waals surface area contributed by atoms with E-state index in [-0.39, 0.29) is 0 Å². The molecule has 0 radical (unpaired) electrons. The number of benzene rings is 2. The fourth-order valence-electron chi connectivity index (χ4n) is 3.02. The predicted octanol–water partition coefficient (Wildman–Crippen LogP) is 7.32. The van der Waals surface area contributed by atoms with Crippen LogP contribution < -0.4 is 5.63 Å². The Balaban J connectivity index is 2.04. The Morgan fingerprint density at radius 1 is 0.767 bits per heavy atom. The van der Waals surface area contributed by atoms with Gasteiger partial charge in [0, 0.05) is 0 Å². The standard InChI is InChI=1S/2C7H5F3O.C7H9.Zr/c2*8-7(9,10)5-3-1-2-4-6(5)11;1-6-3-4-7(2)5-6;/h2*1-4,11H;3-5H,1-2H3;/q;;;+2/p-2. The second-order valence-electron chi connectivity index (χ2n) is 6.98. The van der Waals surface area contributed by atoms with Crippen LogP contribution in [0.3, 0.4) is 0 Å². The number of rotatable bonds is 5. The molecule has 2 aromatic rings. The summed E-state index contributed by atoms with van der Waals surface area (Å²) >= 11 is -3.99. The number of hydrogen-bond acceptors (Lipinski definition) is 2. The number of alkyl halides is 6. The SMILES string of the molecule is CC1=C[C](C)([Zr]([O]c2ccccc2C(F)(F)F)[O]c2ccccc2C(F)(F)F)C=C1. The van der Waals surface area contributed by atoms with Gasteiger partial charge in [-0.15, -0.1) is 0 Å². The Hall–Kier alpha value is -2.02. The zero-order chi connectivity index (χ0) is 22.2. The van der Waals surface area contributed by atoms with Gasteiger partial charge in [-0.05, 0) is 0 Å². The molecule has 3 rings (SSSR count). The summed E-state index contributed by atoms with van der Waals surface area (Å²) in [6.07, 6.45) is -4.13. The van der Waals surface area contributed by atoms with E-state index in [2.05, 4.69) is 0 Å². The fraction of sp³-hybridized carbons (Fsp3) is 0.238. The van der Waals surface area contributed by atoms with Crippen LogP contribution in [0.25, 0.3) is 0 Å². The summed E-state index contributed by atoms with van der Waals surface area (Å²) in [7, 11) is 0. The molecule has 1 aliphatic carbocycles. The summed E-state index contributed by atoms with van der Waals surface area (Å²) in [4.78, 5) is 0. The van der Waals surface area contributed by atoms with E-state index in [9.17, 15) is 26.3 Å². The van der Waals surface area contributed by atoms with Crippen LogP contribution in [0.2, 0.25) is 3.12 Å². The van der Waals surface area contributed by atoms with E-state index in [1.54, 1.807) is 32.1 Å². The zero-order valence-corrected chi connectivity index (χ0v) is 18.4. The molecule has 9 heteroatoms. The Bertz CT molecular complexity index is 920. The first kappa shape index (κ1) is 22.7. The Labute approximate surface area is 178 Å². The summed E-state index contributed by atoms with van der Waals surface area (Å²) < 4.78 is 91.1. The quantitative estimate of drug-likeness (QED) is 0.396. The van der Waals surface area contributed by atoms with E-state index in [0.717, 1.165) is 29.8 Å². The molecular weight excluding hydrogens is 489 g/mol. The van der Waals surface area contributed by atoms with Gasteiger partial charge in [-0.3, -0.25) is 0 Å². The zero-order valence-electron chi connectivity index (χ0n) is 15.9. The molecule has 0 bridgehead atoms. The van der Waals surface area contributed by atoms with Crippen LogP contribution in [0, 0.1) is 0 Å². The molecule has 0 N–H and O–H groups in total. The van der Waals surface area contributed by atoms with E-state index < -0.39 is 60.7 Å². The summed E-state index contributed by atoms with van der Waals surface area (Å²) in [6, 6.07) is 9.24. The van der Waals surface area contributed by atoms with Gasteiger partial charge in [0.2, 0.25) is 0 Å². The van der Waals surface area contributed by atoms with Crippen LogP contribution in [0.5, 0.6) is 11.5 Å². The third-order valence-corrected chi connectivity index (χ3v) is 9.37. The molecule has 0 aliphatic heterocycles. The van der Waals surface area contributed by atoms with Gasteiger partial charge in [0.25, 0.3) is 0 Å². The molecule has 0 aromatic heterocycles. The van der Waals surface area contributed by atoms with Gasteiger partial charge in [0.05, 0.1) is 0 Å². The first-order chi connectivity index (χ1) is 13.9. The van der Waals surface area contributed by atoms with Gasteiger partial charge in [-0.25, -0.2) is 0 Å². The van der Waals surface area contributed by atoms with Gasteiger partial charge in [-0.1, -0.05) is 0 Å². The fourth-order valence-corrected chi connectivity index (χ4v) is 7.45. The number of hydrogen-bond donors (Lipinski definition) is 0. The van der Waals surface area contributed by atoms with Crippen molar-refractivity contribution in [2.45, 2.75) is 29.3 Å². The Morgan fingerprint density at radius 3 is 1.57 bits per heavy atom. The molecule has 0 saturated heterocycles. The Morgan fingerprint density at radius 2 is 1.20 bits per heavy atom. The van der Waals surface area contributed by atoms with E-state index in [4.69, 9.17) is 5.63 Å². The maximum atomic E-state index is 13.4.